The number of esters is 1. The van der Waals surface area contributed by atoms with Crippen molar-refractivity contribution < 1.29 is 14.3 Å². The summed E-state index contributed by atoms with van der Waals surface area (Å²) in [6.07, 6.45) is 2.64. The van der Waals surface area contributed by atoms with Crippen molar-refractivity contribution in [2.24, 2.45) is 5.92 Å². The Labute approximate surface area is 202 Å². The van der Waals surface area contributed by atoms with E-state index in [1.54, 1.807) is 7.11 Å². The molecule has 1 aliphatic rings. The Morgan fingerprint density at radius 2 is 1.59 bits per heavy atom. The summed E-state index contributed by atoms with van der Waals surface area (Å²) in [5, 5.41) is 6.90. The van der Waals surface area contributed by atoms with E-state index in [-0.39, 0.29) is 5.97 Å². The van der Waals surface area contributed by atoms with Crippen molar-refractivity contribution in [1.29, 1.82) is 0 Å². The third kappa shape index (κ3) is 5.19. The summed E-state index contributed by atoms with van der Waals surface area (Å²) in [7, 11) is 3.09. The van der Waals surface area contributed by atoms with Gasteiger partial charge in [-0.15, -0.1) is 0 Å². The lowest BCUT2D eigenvalue weighted by Gasteiger charge is -2.20. The lowest BCUT2D eigenvalue weighted by Crippen LogP contribution is -2.10. The number of anilines is 2. The maximum absolute atomic E-state index is 12.9. The molecular weight excluding hydrogens is 424 g/mol. The third-order valence-electron chi connectivity index (χ3n) is 6.27. The molecular formula is C29H34N2O3. The second-order valence-electron chi connectivity index (χ2n) is 9.27. The van der Waals surface area contributed by atoms with E-state index in [4.69, 9.17) is 9.47 Å². The van der Waals surface area contributed by atoms with Crippen molar-refractivity contribution in [3.63, 3.8) is 0 Å². The van der Waals surface area contributed by atoms with Gasteiger partial charge in [0.05, 0.1) is 19.8 Å². The van der Waals surface area contributed by atoms with Gasteiger partial charge < -0.3 is 20.1 Å². The Morgan fingerprint density at radius 1 is 0.971 bits per heavy atom. The highest BCUT2D eigenvalue weighted by atomic mass is 16.5. The number of methoxy groups -OCH3 is 2. The maximum atomic E-state index is 12.9. The van der Waals surface area contributed by atoms with Crippen molar-refractivity contribution in [3.8, 4) is 28.0 Å². The summed E-state index contributed by atoms with van der Waals surface area (Å²) in [5.41, 5.74) is 7.16. The van der Waals surface area contributed by atoms with Crippen LogP contribution in [0.5, 0.6) is 5.75 Å². The number of carbonyl (C=O) groups excluding carboxylic acids is 1. The standard InChI is InChI=1S/C29H34N2O3/c1-18(2)31-24-14-8-21(9-15-24)25-16-26(33-4)27(19(3)28(25)29(32)34-5)22-10-12-23(13-11-22)30-17-20-6-7-20/h8-16,18,20,30-31H,6-7,17H2,1-5H3. The van der Waals surface area contributed by atoms with Crippen molar-refractivity contribution in [3.05, 3.63) is 65.7 Å². The number of hydrogen-bond acceptors (Lipinski definition) is 5. The molecule has 3 aromatic rings. The first-order valence-corrected chi connectivity index (χ1v) is 11.9. The number of benzene rings is 3. The molecule has 0 amide bonds. The van der Waals surface area contributed by atoms with E-state index in [1.807, 2.05) is 37.3 Å². The van der Waals surface area contributed by atoms with Crippen LogP contribution in [-0.4, -0.2) is 32.8 Å². The minimum Gasteiger partial charge on any atom is -0.496 e. The van der Waals surface area contributed by atoms with Gasteiger partial charge in [0, 0.05) is 35.1 Å². The molecule has 3 aromatic carbocycles. The molecule has 0 atom stereocenters. The highest BCUT2D eigenvalue weighted by molar-refractivity contribution is 6.02. The number of hydrogen-bond donors (Lipinski definition) is 2. The fraction of sp³-hybridized carbons (Fsp3) is 0.345. The van der Waals surface area contributed by atoms with E-state index in [0.717, 1.165) is 57.4 Å². The third-order valence-corrected chi connectivity index (χ3v) is 6.27. The van der Waals surface area contributed by atoms with Crippen LogP contribution < -0.4 is 15.4 Å². The molecule has 0 aromatic heterocycles. The molecule has 4 rings (SSSR count). The van der Waals surface area contributed by atoms with Gasteiger partial charge in [-0.2, -0.15) is 0 Å². The average Bonchev–Trinajstić information content (AvgIpc) is 3.67. The molecule has 2 N–H and O–H groups in total. The smallest absolute Gasteiger partial charge is 0.338 e. The van der Waals surface area contributed by atoms with Gasteiger partial charge >= 0.3 is 5.97 Å². The summed E-state index contributed by atoms with van der Waals surface area (Å²) in [5.74, 6) is 1.18. The monoisotopic (exact) mass is 458 g/mol. The lowest BCUT2D eigenvalue weighted by molar-refractivity contribution is 0.0601. The van der Waals surface area contributed by atoms with Crippen LogP contribution in [0.2, 0.25) is 0 Å². The van der Waals surface area contributed by atoms with Crippen LogP contribution in [0.3, 0.4) is 0 Å². The molecule has 1 saturated carbocycles. The van der Waals surface area contributed by atoms with E-state index >= 15 is 0 Å². The normalized spacial score (nSPS) is 13.0. The van der Waals surface area contributed by atoms with Crippen LogP contribution in [-0.2, 0) is 4.74 Å². The van der Waals surface area contributed by atoms with Gasteiger partial charge in [-0.3, -0.25) is 0 Å². The van der Waals surface area contributed by atoms with Crippen molar-refractivity contribution >= 4 is 17.3 Å². The number of ether oxygens (including phenoxy) is 2. The molecule has 0 bridgehead atoms. The zero-order chi connectivity index (χ0) is 24.2. The molecule has 1 aliphatic carbocycles. The number of carbonyl (C=O) groups is 1. The van der Waals surface area contributed by atoms with E-state index in [9.17, 15) is 4.79 Å². The van der Waals surface area contributed by atoms with Crippen molar-refractivity contribution in [2.45, 2.75) is 39.7 Å². The molecule has 5 heteroatoms. The molecule has 0 unspecified atom stereocenters. The maximum Gasteiger partial charge on any atom is 0.338 e. The number of rotatable bonds is 9. The summed E-state index contributed by atoms with van der Waals surface area (Å²) < 4.78 is 11.0. The first-order valence-electron chi connectivity index (χ1n) is 11.9. The Bertz CT molecular complexity index is 1150. The minimum absolute atomic E-state index is 0.341. The van der Waals surface area contributed by atoms with Crippen LogP contribution in [0.15, 0.2) is 54.6 Å². The van der Waals surface area contributed by atoms with Crippen LogP contribution in [0.4, 0.5) is 11.4 Å². The highest BCUT2D eigenvalue weighted by Gasteiger charge is 2.24. The summed E-state index contributed by atoms with van der Waals surface area (Å²) >= 11 is 0. The SMILES string of the molecule is COC(=O)c1c(-c2ccc(NC(C)C)cc2)cc(OC)c(-c2ccc(NCC3CC3)cc2)c1C. The Hall–Kier alpha value is -3.47. The largest absolute Gasteiger partial charge is 0.496 e. The van der Waals surface area contributed by atoms with Crippen LogP contribution in [0.1, 0.15) is 42.6 Å². The van der Waals surface area contributed by atoms with E-state index in [2.05, 4.69) is 48.7 Å². The van der Waals surface area contributed by atoms with E-state index < -0.39 is 0 Å². The molecule has 0 heterocycles. The molecule has 5 nitrogen and oxygen atoms in total. The number of nitrogens with one attached hydrogen (secondary N) is 2. The second kappa shape index (κ2) is 10.2. The van der Waals surface area contributed by atoms with Gasteiger partial charge in [0.25, 0.3) is 0 Å². The fourth-order valence-electron chi connectivity index (χ4n) is 4.32. The van der Waals surface area contributed by atoms with Crippen LogP contribution in [0, 0.1) is 12.8 Å². The Balaban J connectivity index is 1.75. The molecule has 1 fully saturated rings. The predicted molar refractivity (Wildman–Crippen MR) is 140 cm³/mol. The van der Waals surface area contributed by atoms with Crippen LogP contribution >= 0.6 is 0 Å². The van der Waals surface area contributed by atoms with Gasteiger partial charge in [-0.25, -0.2) is 4.79 Å². The second-order valence-corrected chi connectivity index (χ2v) is 9.27. The predicted octanol–water partition coefficient (Wildman–Crippen LogP) is 6.77. The van der Waals surface area contributed by atoms with Gasteiger partial charge in [0.2, 0.25) is 0 Å². The molecule has 0 saturated heterocycles. The first kappa shape index (κ1) is 23.7. The summed E-state index contributed by atoms with van der Waals surface area (Å²) in [6.45, 7) is 7.19. The molecule has 0 spiro atoms. The van der Waals surface area contributed by atoms with E-state index in [1.165, 1.54) is 20.0 Å². The van der Waals surface area contributed by atoms with Gasteiger partial charge in [0.15, 0.2) is 0 Å². The van der Waals surface area contributed by atoms with Gasteiger partial charge in [-0.1, -0.05) is 24.3 Å². The fourth-order valence-corrected chi connectivity index (χ4v) is 4.32. The van der Waals surface area contributed by atoms with Gasteiger partial charge in [-0.05, 0) is 86.6 Å². The quantitative estimate of drug-likeness (QED) is 0.347. The molecule has 0 aliphatic heterocycles. The van der Waals surface area contributed by atoms with Crippen LogP contribution in [0.25, 0.3) is 22.3 Å². The first-order chi connectivity index (χ1) is 16.4. The Morgan fingerprint density at radius 3 is 2.15 bits per heavy atom. The average molecular weight is 459 g/mol. The summed E-state index contributed by atoms with van der Waals surface area (Å²) in [6, 6.07) is 18.7. The Kier molecular flexibility index (Phi) is 7.11. The zero-order valence-corrected chi connectivity index (χ0v) is 20.7. The zero-order valence-electron chi connectivity index (χ0n) is 20.7. The van der Waals surface area contributed by atoms with Gasteiger partial charge in [0.1, 0.15) is 5.75 Å². The van der Waals surface area contributed by atoms with E-state index in [0.29, 0.717) is 11.6 Å². The minimum atomic E-state index is -0.358. The molecule has 0 radical (unpaired) electrons. The molecule has 178 valence electrons. The molecule has 34 heavy (non-hydrogen) atoms. The summed E-state index contributed by atoms with van der Waals surface area (Å²) in [4.78, 5) is 12.9. The van der Waals surface area contributed by atoms with Crippen molar-refractivity contribution in [1.82, 2.24) is 0 Å². The topological polar surface area (TPSA) is 59.6 Å². The highest BCUT2D eigenvalue weighted by Crippen LogP contribution is 2.41. The van der Waals surface area contributed by atoms with Crippen molar-refractivity contribution in [2.75, 3.05) is 31.4 Å². The lowest BCUT2D eigenvalue weighted by atomic mass is 9.88.